The average Bonchev–Trinajstić information content (AvgIpc) is 2.72. The lowest BCUT2D eigenvalue weighted by molar-refractivity contribution is 1.24. The van der Waals surface area contributed by atoms with Gasteiger partial charge >= 0.3 is 0 Å². The van der Waals surface area contributed by atoms with Gasteiger partial charge in [0.2, 0.25) is 0 Å². The molecule has 0 aliphatic rings. The number of para-hydroxylation sites is 2. The lowest BCUT2D eigenvalue weighted by Gasteiger charge is -2.04. The fourth-order valence-corrected chi connectivity index (χ4v) is 2.98. The van der Waals surface area contributed by atoms with Crippen LogP contribution in [0.1, 0.15) is 33.6 Å². The molecule has 0 amide bonds. The molecule has 28 heavy (non-hydrogen) atoms. The Morgan fingerprint density at radius 3 is 1.29 bits per heavy atom. The number of fused-ring (bicyclic) bond motifs is 1. The molecule has 0 aliphatic carbocycles. The highest BCUT2D eigenvalue weighted by Crippen LogP contribution is 2.18. The second kappa shape index (κ2) is 8.01. The van der Waals surface area contributed by atoms with Crippen LogP contribution in [0.2, 0.25) is 0 Å². The topological polar surface area (TPSA) is 25.8 Å². The van der Waals surface area contributed by atoms with Gasteiger partial charge in [0, 0.05) is 0 Å². The molecule has 1 aromatic heterocycles. The van der Waals surface area contributed by atoms with E-state index in [2.05, 4.69) is 74.5 Å². The molecule has 136 valence electrons. The van der Waals surface area contributed by atoms with Gasteiger partial charge in [-0.3, -0.25) is 0 Å². The summed E-state index contributed by atoms with van der Waals surface area (Å²) in [6.07, 6.45) is 8.25. The van der Waals surface area contributed by atoms with Crippen LogP contribution in [-0.4, -0.2) is 9.97 Å². The Kier molecular flexibility index (Phi) is 5.11. The third-order valence-electron chi connectivity index (χ3n) is 4.65. The molecule has 2 nitrogen and oxygen atoms in total. The van der Waals surface area contributed by atoms with E-state index in [1.54, 1.807) is 0 Å². The molecule has 0 saturated carbocycles. The first-order chi connectivity index (χ1) is 13.7. The smallest absolute Gasteiger partial charge is 0.0894 e. The predicted molar refractivity (Wildman–Crippen MR) is 120 cm³/mol. The Bertz CT molecular complexity index is 1060. The van der Waals surface area contributed by atoms with Crippen LogP contribution in [0.15, 0.2) is 72.8 Å². The maximum atomic E-state index is 4.83. The minimum Gasteiger partial charge on any atom is -0.245 e. The van der Waals surface area contributed by atoms with Crippen molar-refractivity contribution in [2.75, 3.05) is 0 Å². The van der Waals surface area contributed by atoms with Gasteiger partial charge in [-0.05, 0) is 49.3 Å². The zero-order valence-electron chi connectivity index (χ0n) is 16.1. The molecule has 2 heteroatoms. The average molecular weight is 362 g/mol. The van der Waals surface area contributed by atoms with E-state index in [0.717, 1.165) is 33.5 Å². The summed E-state index contributed by atoms with van der Waals surface area (Å²) >= 11 is 0. The van der Waals surface area contributed by atoms with Crippen molar-refractivity contribution >= 4 is 35.3 Å². The Labute approximate surface area is 165 Å². The number of rotatable bonds is 4. The molecule has 0 saturated heterocycles. The number of aryl methyl sites for hydroxylation is 2. The van der Waals surface area contributed by atoms with E-state index < -0.39 is 0 Å². The zero-order valence-corrected chi connectivity index (χ0v) is 16.1. The molecule has 0 unspecified atom stereocenters. The molecule has 0 spiro atoms. The number of hydrogen-bond donors (Lipinski definition) is 0. The van der Waals surface area contributed by atoms with Crippen LogP contribution >= 0.6 is 0 Å². The fraction of sp³-hybridized carbons (Fsp3) is 0.0769. The number of hydrogen-bond acceptors (Lipinski definition) is 2. The summed E-state index contributed by atoms with van der Waals surface area (Å²) in [6.45, 7) is 4.19. The highest BCUT2D eigenvalue weighted by atomic mass is 14.8. The van der Waals surface area contributed by atoms with Crippen LogP contribution in [0, 0.1) is 13.8 Å². The van der Waals surface area contributed by atoms with E-state index in [4.69, 9.17) is 9.97 Å². The van der Waals surface area contributed by atoms with Crippen LogP contribution in [0.4, 0.5) is 0 Å². The number of benzene rings is 3. The van der Waals surface area contributed by atoms with E-state index in [1.165, 1.54) is 11.1 Å². The van der Waals surface area contributed by atoms with Gasteiger partial charge in [-0.25, -0.2) is 9.97 Å². The van der Waals surface area contributed by atoms with Crippen LogP contribution in [0.5, 0.6) is 0 Å². The van der Waals surface area contributed by atoms with Gasteiger partial charge < -0.3 is 0 Å². The zero-order chi connectivity index (χ0) is 19.3. The Morgan fingerprint density at radius 2 is 0.893 bits per heavy atom. The molecule has 1 heterocycles. The van der Waals surface area contributed by atoms with Crippen molar-refractivity contribution in [1.82, 2.24) is 9.97 Å². The second-order valence-corrected chi connectivity index (χ2v) is 6.97. The molecule has 0 N–H and O–H groups in total. The quantitative estimate of drug-likeness (QED) is 0.409. The summed E-state index contributed by atoms with van der Waals surface area (Å²) in [4.78, 5) is 9.67. The van der Waals surface area contributed by atoms with Gasteiger partial charge in [-0.15, -0.1) is 0 Å². The first-order valence-corrected chi connectivity index (χ1v) is 9.44. The Morgan fingerprint density at radius 1 is 0.500 bits per heavy atom. The Hall–Kier alpha value is -3.52. The predicted octanol–water partition coefficient (Wildman–Crippen LogP) is 6.59. The van der Waals surface area contributed by atoms with Crippen LogP contribution in [0.25, 0.3) is 35.3 Å². The molecule has 4 aromatic rings. The SMILES string of the molecule is Cc1ccc(C=Cc2nc3ccccc3nc2C=Cc2ccc(C)cc2)cc1. The minimum absolute atomic E-state index is 0.864. The van der Waals surface area contributed by atoms with Gasteiger partial charge in [0.25, 0.3) is 0 Å². The van der Waals surface area contributed by atoms with Crippen LogP contribution in [0.3, 0.4) is 0 Å². The monoisotopic (exact) mass is 362 g/mol. The summed E-state index contributed by atoms with van der Waals surface area (Å²) in [7, 11) is 0. The van der Waals surface area contributed by atoms with Crippen molar-refractivity contribution in [2.24, 2.45) is 0 Å². The molecule has 4 rings (SSSR count). The highest BCUT2D eigenvalue weighted by Gasteiger charge is 2.04. The maximum absolute atomic E-state index is 4.83. The molecular formula is C26H22N2. The van der Waals surface area contributed by atoms with E-state index in [1.807, 2.05) is 36.4 Å². The normalized spacial score (nSPS) is 11.6. The third-order valence-corrected chi connectivity index (χ3v) is 4.65. The van der Waals surface area contributed by atoms with Gasteiger partial charge in [0.15, 0.2) is 0 Å². The largest absolute Gasteiger partial charge is 0.245 e. The molecule has 0 radical (unpaired) electrons. The summed E-state index contributed by atoms with van der Waals surface area (Å²) in [5, 5.41) is 0. The van der Waals surface area contributed by atoms with E-state index in [9.17, 15) is 0 Å². The maximum Gasteiger partial charge on any atom is 0.0894 e. The fourth-order valence-electron chi connectivity index (χ4n) is 2.98. The minimum atomic E-state index is 0.864. The lowest BCUT2D eigenvalue weighted by Crippen LogP contribution is -1.93. The molecule has 0 aliphatic heterocycles. The van der Waals surface area contributed by atoms with E-state index in [0.29, 0.717) is 0 Å². The van der Waals surface area contributed by atoms with Gasteiger partial charge in [0.05, 0.1) is 22.4 Å². The van der Waals surface area contributed by atoms with Crippen molar-refractivity contribution in [3.8, 4) is 0 Å². The van der Waals surface area contributed by atoms with Gasteiger partial charge in [-0.1, -0.05) is 83.9 Å². The summed E-state index contributed by atoms with van der Waals surface area (Å²) < 4.78 is 0. The summed E-state index contributed by atoms with van der Waals surface area (Å²) in [5.41, 5.74) is 8.33. The van der Waals surface area contributed by atoms with Crippen molar-refractivity contribution in [3.63, 3.8) is 0 Å². The first kappa shape index (κ1) is 17.9. The molecule has 3 aromatic carbocycles. The highest BCUT2D eigenvalue weighted by molar-refractivity contribution is 5.82. The summed E-state index contributed by atoms with van der Waals surface area (Å²) in [5.74, 6) is 0. The first-order valence-electron chi connectivity index (χ1n) is 9.44. The van der Waals surface area contributed by atoms with E-state index >= 15 is 0 Å². The van der Waals surface area contributed by atoms with Gasteiger partial charge in [-0.2, -0.15) is 0 Å². The van der Waals surface area contributed by atoms with Crippen molar-refractivity contribution < 1.29 is 0 Å². The molecule has 0 bridgehead atoms. The summed E-state index contributed by atoms with van der Waals surface area (Å²) in [6, 6.07) is 24.9. The van der Waals surface area contributed by atoms with Crippen molar-refractivity contribution in [3.05, 3.63) is 106 Å². The number of nitrogens with zero attached hydrogens (tertiary/aromatic N) is 2. The number of aromatic nitrogens is 2. The van der Waals surface area contributed by atoms with Gasteiger partial charge in [0.1, 0.15) is 0 Å². The van der Waals surface area contributed by atoms with Crippen molar-refractivity contribution in [1.29, 1.82) is 0 Å². The lowest BCUT2D eigenvalue weighted by atomic mass is 10.1. The Balaban J connectivity index is 1.73. The van der Waals surface area contributed by atoms with Crippen LogP contribution in [-0.2, 0) is 0 Å². The third kappa shape index (κ3) is 4.24. The van der Waals surface area contributed by atoms with Crippen molar-refractivity contribution in [2.45, 2.75) is 13.8 Å². The second-order valence-electron chi connectivity index (χ2n) is 6.97. The molecular weight excluding hydrogens is 340 g/mol. The van der Waals surface area contributed by atoms with Crippen LogP contribution < -0.4 is 0 Å². The molecule has 0 atom stereocenters. The van der Waals surface area contributed by atoms with E-state index in [-0.39, 0.29) is 0 Å². The standard InChI is InChI=1S/C26H22N2/c1-19-7-11-21(12-8-19)15-17-25-26(18-16-22-13-9-20(2)10-14-22)28-24-6-4-3-5-23(24)27-25/h3-18H,1-2H3. The molecule has 0 fully saturated rings.